The number of imide groups is 1. The first-order chi connectivity index (χ1) is 45.0. The van der Waals surface area contributed by atoms with Crippen LogP contribution in [0.25, 0.3) is 0 Å². The molecule has 4 unspecified atom stereocenters. The van der Waals surface area contributed by atoms with Crippen LogP contribution >= 0.6 is 21.6 Å². The number of ketones is 2. The third-order valence-corrected chi connectivity index (χ3v) is 20.6. The van der Waals surface area contributed by atoms with Gasteiger partial charge < -0.3 is 85.1 Å². The summed E-state index contributed by atoms with van der Waals surface area (Å²) in [5.41, 5.74) is 6.01. The van der Waals surface area contributed by atoms with E-state index in [1.807, 2.05) is 31.3 Å². The van der Waals surface area contributed by atoms with E-state index in [2.05, 4.69) is 33.4 Å². The summed E-state index contributed by atoms with van der Waals surface area (Å²) < 4.78 is 37.5. The SMILES string of the molecule is [2H]C(=O)C(CO)NC(=O)[C@@H](NC(=O)C(CO)NNC(CO)C(=O)N[C@@H](CO)C(=O)NC(=O)CCSSC1CC[C@@H](/C=C(\C)[C@H]2OC(=O)[C@@H]3CCCCN3C(=O)C(=O)[C@]3(O)O[C@H]([C@@H](OC)C[C@@H](C)C/C(C)=C/[C@@H](CC=C)C(=O)C[C@H](O)[C@H]2C)[C@@H](OC)C[C@H]3C)C[C@H]1OC)[C@@H](C)O. The lowest BCUT2D eigenvalue weighted by molar-refractivity contribution is -0.302. The highest BCUT2D eigenvalue weighted by atomic mass is 33.1. The molecule has 20 atom stereocenters. The number of hydrazine groups is 1. The Morgan fingerprint density at radius 1 is 0.840 bits per heavy atom. The number of hydrogen-bond donors (Lipinski definition) is 13. The Bertz CT molecular complexity index is 2700. The largest absolute Gasteiger partial charge is 0.456 e. The maximum Gasteiger partial charge on any atom is 0.329 e. The predicted molar refractivity (Wildman–Crippen MR) is 344 cm³/mol. The van der Waals surface area contributed by atoms with Crippen LogP contribution in [0, 0.1) is 29.6 Å². The lowest BCUT2D eigenvalue weighted by Crippen LogP contribution is -2.64. The predicted octanol–water partition coefficient (Wildman–Crippen LogP) is -1.10. The number of carbonyl (C=O) groups is 10. The number of carbonyl (C=O) groups excluding carboxylic acids is 10. The van der Waals surface area contributed by atoms with Gasteiger partial charge in [0.15, 0.2) is 0 Å². The molecule has 31 heteroatoms. The van der Waals surface area contributed by atoms with E-state index in [0.717, 1.165) is 17.4 Å². The third kappa shape index (κ3) is 23.0. The van der Waals surface area contributed by atoms with Gasteiger partial charge in [-0.3, -0.25) is 43.7 Å². The number of fused-ring (bicyclic) bond motifs is 3. The molecule has 3 heterocycles. The topological polar surface area (TPSA) is 434 Å². The fourth-order valence-corrected chi connectivity index (χ4v) is 15.0. The zero-order chi connectivity index (χ0) is 71.0. The molecule has 13 N–H and O–H groups in total. The maximum absolute atomic E-state index is 14.7. The summed E-state index contributed by atoms with van der Waals surface area (Å²) in [7, 11) is 7.37. The zero-order valence-corrected chi connectivity index (χ0v) is 56.8. The number of amides is 6. The van der Waals surface area contributed by atoms with Gasteiger partial charge in [0.1, 0.15) is 61.9 Å². The first-order valence-corrected chi connectivity index (χ1v) is 34.2. The number of cyclic esters (lactones) is 1. The molecule has 0 aromatic heterocycles. The second-order valence-corrected chi connectivity index (χ2v) is 27.6. The molecule has 0 aromatic rings. The molecule has 2 saturated heterocycles. The van der Waals surface area contributed by atoms with Gasteiger partial charge >= 0.3 is 5.97 Å². The number of aliphatic hydroxyl groups excluding tert-OH is 6. The standard InChI is InChI=1S/C63H101N7O22S2/c1-11-14-40-22-33(2)21-34(3)23-49(89-9)55-50(90-10)25-36(5)63(87,92-55)56(80)61(85)70-19-13-12-15-45(70)62(86)91-54(37(6)46(77)27-47(40)78)35(4)24-39-16-17-51(48(26-39)88-8)94-93-20-18-52(79)66-57(81)42(30-73)65-58(82)43(31-74)68-69-44(32-75)59(83)67-53(38(7)76)60(84)64-41(28-71)29-72/h11,22,24,28,34,36-46,48-51,53-55,68-69,72-77,87H,1,12-21,23,25-27,29-32H2,2-10H3,(H,64,84)(H,65,82)(H,67,83)(H,66,79,81)/b33-22+,35-24+/t34-,36+,37+,38+,39-,40+,41?,42-,43?,44?,45-,46-,48+,49-,50-,51?,53-,54+,55+,63+/m0/s1/i28D. The average molecular weight is 1370 g/mol. The number of hydrogen-bond acceptors (Lipinski definition) is 26. The summed E-state index contributed by atoms with van der Waals surface area (Å²) >= 11 is 0. The Kier molecular flexibility index (Phi) is 33.8. The highest BCUT2D eigenvalue weighted by Crippen LogP contribution is 2.42. The maximum atomic E-state index is 14.7. The molecule has 0 spiro atoms. The minimum Gasteiger partial charge on any atom is -0.456 e. The summed E-state index contributed by atoms with van der Waals surface area (Å²) in [5.74, 6) is -13.7. The molecule has 0 aromatic carbocycles. The van der Waals surface area contributed by atoms with E-state index in [1.54, 1.807) is 34.0 Å². The first-order valence-electron chi connectivity index (χ1n) is 32.4. The van der Waals surface area contributed by atoms with Gasteiger partial charge in [0.25, 0.3) is 17.6 Å². The van der Waals surface area contributed by atoms with Gasteiger partial charge in [-0.05, 0) is 102 Å². The number of nitrogens with zero attached hydrogens (tertiary/aromatic N) is 1. The second kappa shape index (κ2) is 40.0. The van der Waals surface area contributed by atoms with Crippen LogP contribution in [0.1, 0.15) is 120 Å². The molecule has 1 saturated carbocycles. The molecule has 2 bridgehead atoms. The van der Waals surface area contributed by atoms with Crippen LogP contribution in [0.4, 0.5) is 0 Å². The number of nitrogens with one attached hydrogen (secondary N) is 6. The quantitative estimate of drug-likeness (QED) is 0.00841. The highest BCUT2D eigenvalue weighted by molar-refractivity contribution is 8.77. The molecule has 29 nitrogen and oxygen atoms in total. The van der Waals surface area contributed by atoms with Crippen LogP contribution < -0.4 is 32.1 Å². The Morgan fingerprint density at radius 3 is 2.05 bits per heavy atom. The molecular weight excluding hydrogens is 1270 g/mol. The number of esters is 1. The summed E-state index contributed by atoms with van der Waals surface area (Å²) in [6.07, 6.45) is 1.29. The van der Waals surface area contributed by atoms with Crippen molar-refractivity contribution in [2.45, 2.75) is 209 Å². The molecule has 3 fully saturated rings. The van der Waals surface area contributed by atoms with Crippen molar-refractivity contribution in [3.63, 3.8) is 0 Å². The fourth-order valence-electron chi connectivity index (χ4n) is 12.2. The number of aldehydes is 1. The number of piperidine rings is 1. The van der Waals surface area contributed by atoms with E-state index < -0.39 is 176 Å². The van der Waals surface area contributed by atoms with Gasteiger partial charge in [-0.15, -0.1) is 6.58 Å². The van der Waals surface area contributed by atoms with Crippen molar-refractivity contribution < 1.29 is 109 Å². The van der Waals surface area contributed by atoms with Crippen LogP contribution in [0.2, 0.25) is 0 Å². The van der Waals surface area contributed by atoms with E-state index in [9.17, 15) is 83.7 Å². The lowest BCUT2D eigenvalue weighted by atomic mass is 9.82. The molecule has 1 aliphatic carbocycles. The van der Waals surface area contributed by atoms with Crippen molar-refractivity contribution in [1.29, 1.82) is 0 Å². The summed E-state index contributed by atoms with van der Waals surface area (Å²) in [4.78, 5) is 135. The van der Waals surface area contributed by atoms with Crippen LogP contribution in [0.5, 0.6) is 0 Å². The van der Waals surface area contributed by atoms with Crippen molar-refractivity contribution in [2.24, 2.45) is 29.6 Å². The minimum atomic E-state index is -2.60. The second-order valence-electron chi connectivity index (χ2n) is 24.9. The number of aliphatic hydroxyl groups is 7. The average Bonchev–Trinajstić information content (AvgIpc) is 0.816. The first kappa shape index (κ1) is 79.6. The van der Waals surface area contributed by atoms with E-state index >= 15 is 0 Å². The van der Waals surface area contributed by atoms with Gasteiger partial charge in [0, 0.05) is 69.5 Å². The summed E-state index contributed by atoms with van der Waals surface area (Å²) in [6.45, 7) is 10.0. The molecule has 94 heavy (non-hydrogen) atoms. The van der Waals surface area contributed by atoms with Gasteiger partial charge in [-0.1, -0.05) is 66.2 Å². The summed E-state index contributed by atoms with van der Waals surface area (Å²) in [6, 6.07) is -9.67. The van der Waals surface area contributed by atoms with Gasteiger partial charge in [-0.25, -0.2) is 15.6 Å². The van der Waals surface area contributed by atoms with Crippen molar-refractivity contribution in [2.75, 3.05) is 60.1 Å². The Hall–Kier alpha value is -5.10. The monoisotopic (exact) mass is 1370 g/mol. The van der Waals surface area contributed by atoms with E-state index in [0.29, 0.717) is 56.9 Å². The number of methoxy groups -OCH3 is 3. The van der Waals surface area contributed by atoms with Gasteiger partial charge in [0.2, 0.25) is 29.4 Å². The van der Waals surface area contributed by atoms with Gasteiger partial charge in [-0.2, -0.15) is 0 Å². The van der Waals surface area contributed by atoms with Crippen LogP contribution in [-0.4, -0.2) is 250 Å². The Labute approximate surface area is 558 Å². The van der Waals surface area contributed by atoms with Crippen molar-refractivity contribution in [3.8, 4) is 0 Å². The smallest absolute Gasteiger partial charge is 0.329 e. The molecule has 4 rings (SSSR count). The van der Waals surface area contributed by atoms with Crippen LogP contribution in [-0.2, 0) is 71.6 Å². The third-order valence-electron chi connectivity index (χ3n) is 17.7. The Morgan fingerprint density at radius 2 is 1.47 bits per heavy atom. The number of rotatable bonds is 28. The zero-order valence-electron chi connectivity index (χ0n) is 56.2. The molecular formula is C63H101N7O22S2. The van der Waals surface area contributed by atoms with Crippen LogP contribution in [0.15, 0.2) is 36.0 Å². The number of allylic oxidation sites excluding steroid dienone is 4. The lowest BCUT2D eigenvalue weighted by Gasteiger charge is -2.47. The van der Waals surface area contributed by atoms with Crippen molar-refractivity contribution >= 4 is 80.8 Å². The van der Waals surface area contributed by atoms with E-state index in [-0.39, 0.29) is 67.0 Å². The normalized spacial score (nSPS) is 31.4. The molecule has 4 aliphatic rings. The number of Topliss-reactive ketones (excluding diaryl/α,β-unsaturated/α-hetero) is 2. The van der Waals surface area contributed by atoms with E-state index in [4.69, 9.17) is 25.1 Å². The van der Waals surface area contributed by atoms with Gasteiger partial charge in [0.05, 0.1) is 56.9 Å². The molecule has 6 amide bonds. The van der Waals surface area contributed by atoms with Crippen LogP contribution in [0.3, 0.4) is 0 Å². The molecule has 532 valence electrons. The molecule has 3 aliphatic heterocycles. The Balaban J connectivity index is 1.43. The highest BCUT2D eigenvalue weighted by Gasteiger charge is 2.57. The summed E-state index contributed by atoms with van der Waals surface area (Å²) in [5, 5.41) is 81.7. The van der Waals surface area contributed by atoms with E-state index in [1.165, 1.54) is 35.8 Å². The fraction of sp³-hybridized carbons (Fsp3) is 0.746. The molecule has 0 radical (unpaired) electrons. The van der Waals surface area contributed by atoms with Crippen molar-refractivity contribution in [3.05, 3.63) is 36.0 Å². The minimum absolute atomic E-state index is 0.00501. The number of ether oxygens (including phenoxy) is 5. The van der Waals surface area contributed by atoms with Crippen molar-refractivity contribution in [1.82, 2.24) is 37.0 Å².